The van der Waals surface area contributed by atoms with E-state index in [-0.39, 0.29) is 36.0 Å². The normalized spacial score (nSPS) is 13.7. The highest BCUT2D eigenvalue weighted by molar-refractivity contribution is 6.03. The minimum atomic E-state index is -0.619. The summed E-state index contributed by atoms with van der Waals surface area (Å²) < 4.78 is 6.87. The molecule has 8 nitrogen and oxygen atoms in total. The van der Waals surface area contributed by atoms with Gasteiger partial charge in [-0.3, -0.25) is 9.59 Å². The molecule has 1 saturated carbocycles. The molecule has 1 aliphatic rings. The van der Waals surface area contributed by atoms with Crippen molar-refractivity contribution >= 4 is 17.5 Å². The van der Waals surface area contributed by atoms with Gasteiger partial charge in [-0.1, -0.05) is 29.4 Å². The van der Waals surface area contributed by atoms with Crippen LogP contribution in [0.5, 0.6) is 0 Å². The molecule has 1 fully saturated rings. The van der Waals surface area contributed by atoms with Crippen LogP contribution in [-0.2, 0) is 17.6 Å². The van der Waals surface area contributed by atoms with Gasteiger partial charge in [0.15, 0.2) is 0 Å². The van der Waals surface area contributed by atoms with Crippen molar-refractivity contribution in [2.45, 2.75) is 51.5 Å². The molecule has 3 aromatic rings. The molecule has 0 bridgehead atoms. The number of ketones is 1. The Balaban J connectivity index is 1.48. The maximum absolute atomic E-state index is 12.4. The standard InChI is InChI=1S/C22H25N5O3/c1-12(2)27-21(23)19(22(24)29)20(25-27)15-5-3-13(4-6-15)9-16(28)10-17-11-18(26-30-17)14-7-8-14/h3-6,11-12,14H,7-10,23H2,1-2H3,(H2,24,29). The van der Waals surface area contributed by atoms with Crippen LogP contribution in [0.3, 0.4) is 0 Å². The van der Waals surface area contributed by atoms with Gasteiger partial charge in [0.25, 0.3) is 5.91 Å². The van der Waals surface area contributed by atoms with Gasteiger partial charge in [0.2, 0.25) is 0 Å². The number of hydrogen-bond acceptors (Lipinski definition) is 6. The van der Waals surface area contributed by atoms with E-state index in [2.05, 4.69) is 10.3 Å². The Morgan fingerprint density at radius 1 is 1.20 bits per heavy atom. The third-order valence-electron chi connectivity index (χ3n) is 5.26. The minimum Gasteiger partial charge on any atom is -0.383 e. The number of nitrogens with two attached hydrogens (primary N) is 2. The lowest BCUT2D eigenvalue weighted by atomic mass is 10.0. The Morgan fingerprint density at radius 2 is 1.90 bits per heavy atom. The number of anilines is 1. The molecule has 1 amide bonds. The van der Waals surface area contributed by atoms with Crippen LogP contribution in [0.15, 0.2) is 34.9 Å². The molecule has 1 aromatic carbocycles. The van der Waals surface area contributed by atoms with Gasteiger partial charge in [-0.05, 0) is 32.3 Å². The highest BCUT2D eigenvalue weighted by atomic mass is 16.5. The highest BCUT2D eigenvalue weighted by Gasteiger charge is 2.27. The maximum Gasteiger partial charge on any atom is 0.254 e. The fourth-order valence-electron chi connectivity index (χ4n) is 3.53. The molecule has 0 radical (unpaired) electrons. The summed E-state index contributed by atoms with van der Waals surface area (Å²) in [5, 5.41) is 8.52. The molecule has 30 heavy (non-hydrogen) atoms. The number of primary amides is 1. The van der Waals surface area contributed by atoms with Crippen molar-refractivity contribution in [1.29, 1.82) is 0 Å². The summed E-state index contributed by atoms with van der Waals surface area (Å²) in [6, 6.07) is 9.21. The fourth-order valence-corrected chi connectivity index (χ4v) is 3.53. The molecule has 4 rings (SSSR count). The lowest BCUT2D eigenvalue weighted by Crippen LogP contribution is -2.15. The van der Waals surface area contributed by atoms with E-state index < -0.39 is 5.91 Å². The molecule has 8 heteroatoms. The van der Waals surface area contributed by atoms with Crippen LogP contribution >= 0.6 is 0 Å². The van der Waals surface area contributed by atoms with Gasteiger partial charge in [0.05, 0.1) is 12.1 Å². The number of amides is 1. The Hall–Kier alpha value is -3.42. The predicted octanol–water partition coefficient (Wildman–Crippen LogP) is 3.03. The monoisotopic (exact) mass is 407 g/mol. The Morgan fingerprint density at radius 3 is 2.50 bits per heavy atom. The number of carbonyl (C=O) groups excluding carboxylic acids is 2. The van der Waals surface area contributed by atoms with Gasteiger partial charge in [0.1, 0.15) is 28.6 Å². The molecular weight excluding hydrogens is 382 g/mol. The first kappa shape index (κ1) is 19.9. The van der Waals surface area contributed by atoms with Crippen molar-refractivity contribution in [3.05, 3.63) is 52.9 Å². The van der Waals surface area contributed by atoms with Crippen LogP contribution in [0, 0.1) is 0 Å². The van der Waals surface area contributed by atoms with Crippen molar-refractivity contribution in [3.63, 3.8) is 0 Å². The molecule has 0 aliphatic heterocycles. The van der Waals surface area contributed by atoms with Crippen LogP contribution in [0.2, 0.25) is 0 Å². The number of aromatic nitrogens is 3. The summed E-state index contributed by atoms with van der Waals surface area (Å²) in [6.07, 6.45) is 2.79. The second-order valence-corrected chi connectivity index (χ2v) is 8.09. The maximum atomic E-state index is 12.4. The molecule has 0 atom stereocenters. The molecule has 0 saturated heterocycles. The van der Waals surface area contributed by atoms with Gasteiger partial charge in [-0.25, -0.2) is 4.68 Å². The third kappa shape index (κ3) is 3.98. The zero-order chi connectivity index (χ0) is 21.4. The number of hydrogen-bond donors (Lipinski definition) is 2. The van der Waals surface area contributed by atoms with Gasteiger partial charge in [-0.2, -0.15) is 5.10 Å². The number of carbonyl (C=O) groups is 2. The summed E-state index contributed by atoms with van der Waals surface area (Å²) in [6.45, 7) is 3.85. The Labute approximate surface area is 174 Å². The number of nitrogen functional groups attached to an aromatic ring is 1. The van der Waals surface area contributed by atoms with Gasteiger partial charge in [0, 0.05) is 30.0 Å². The van der Waals surface area contributed by atoms with Crippen molar-refractivity contribution in [2.24, 2.45) is 5.73 Å². The predicted molar refractivity (Wildman–Crippen MR) is 112 cm³/mol. The number of nitrogens with zero attached hydrogens (tertiary/aromatic N) is 3. The zero-order valence-corrected chi connectivity index (χ0v) is 17.1. The van der Waals surface area contributed by atoms with Crippen LogP contribution in [-0.4, -0.2) is 26.6 Å². The fraction of sp³-hybridized carbons (Fsp3) is 0.364. The molecule has 156 valence electrons. The first-order valence-electron chi connectivity index (χ1n) is 10.1. The Kier molecular flexibility index (Phi) is 5.15. The van der Waals surface area contributed by atoms with E-state index in [0.29, 0.717) is 17.4 Å². The average Bonchev–Trinajstić information content (AvgIpc) is 3.33. The summed E-state index contributed by atoms with van der Waals surface area (Å²) >= 11 is 0. The number of Topliss-reactive ketones (excluding diaryl/α,β-unsaturated/α-hetero) is 1. The van der Waals surface area contributed by atoms with Crippen LogP contribution in [0.4, 0.5) is 5.82 Å². The van der Waals surface area contributed by atoms with Crippen LogP contribution in [0.1, 0.15) is 66.0 Å². The first-order valence-corrected chi connectivity index (χ1v) is 10.1. The molecular formula is C22H25N5O3. The average molecular weight is 407 g/mol. The highest BCUT2D eigenvalue weighted by Crippen LogP contribution is 2.39. The Bertz CT molecular complexity index is 1090. The quantitative estimate of drug-likeness (QED) is 0.590. The summed E-state index contributed by atoms with van der Waals surface area (Å²) in [5.41, 5.74) is 14.8. The molecule has 0 spiro atoms. The van der Waals surface area contributed by atoms with E-state index >= 15 is 0 Å². The topological polar surface area (TPSA) is 130 Å². The van der Waals surface area contributed by atoms with Crippen LogP contribution < -0.4 is 11.5 Å². The van der Waals surface area contributed by atoms with E-state index in [1.54, 1.807) is 4.68 Å². The smallest absolute Gasteiger partial charge is 0.254 e. The molecule has 2 heterocycles. The number of benzene rings is 1. The lowest BCUT2D eigenvalue weighted by molar-refractivity contribution is -0.118. The minimum absolute atomic E-state index is 0.00901. The molecule has 2 aromatic heterocycles. The van der Waals surface area contributed by atoms with E-state index in [0.717, 1.165) is 29.7 Å². The lowest BCUT2D eigenvalue weighted by Gasteiger charge is -2.06. The SMILES string of the molecule is CC(C)n1nc(-c2ccc(CC(=O)Cc3cc(C4CC4)no3)cc2)c(C(N)=O)c1N. The number of rotatable bonds is 8. The van der Waals surface area contributed by atoms with E-state index in [4.69, 9.17) is 16.0 Å². The second kappa shape index (κ2) is 7.78. The van der Waals surface area contributed by atoms with Crippen LogP contribution in [0.25, 0.3) is 11.3 Å². The summed E-state index contributed by atoms with van der Waals surface area (Å²) in [7, 11) is 0. The van der Waals surface area contributed by atoms with E-state index in [9.17, 15) is 9.59 Å². The summed E-state index contributed by atoms with van der Waals surface area (Å²) in [5.74, 6) is 0.797. The van der Waals surface area contributed by atoms with Crippen molar-refractivity contribution < 1.29 is 14.1 Å². The summed E-state index contributed by atoms with van der Waals surface area (Å²) in [4.78, 5) is 24.3. The van der Waals surface area contributed by atoms with Crippen molar-refractivity contribution in [1.82, 2.24) is 14.9 Å². The zero-order valence-electron chi connectivity index (χ0n) is 17.1. The van der Waals surface area contributed by atoms with Gasteiger partial charge >= 0.3 is 0 Å². The van der Waals surface area contributed by atoms with E-state index in [1.807, 2.05) is 44.2 Å². The largest absolute Gasteiger partial charge is 0.383 e. The molecule has 4 N–H and O–H groups in total. The second-order valence-electron chi connectivity index (χ2n) is 8.09. The van der Waals surface area contributed by atoms with E-state index in [1.165, 1.54) is 0 Å². The van der Waals surface area contributed by atoms with Gasteiger partial charge < -0.3 is 16.0 Å². The first-order chi connectivity index (χ1) is 14.3. The third-order valence-corrected chi connectivity index (χ3v) is 5.26. The van der Waals surface area contributed by atoms with Crippen molar-refractivity contribution in [2.75, 3.05) is 5.73 Å². The van der Waals surface area contributed by atoms with Gasteiger partial charge in [-0.15, -0.1) is 0 Å². The molecule has 1 aliphatic carbocycles. The van der Waals surface area contributed by atoms with Crippen molar-refractivity contribution in [3.8, 4) is 11.3 Å². The molecule has 0 unspecified atom stereocenters.